The van der Waals surface area contributed by atoms with Crippen LogP contribution in [0, 0.1) is 0 Å². The van der Waals surface area contributed by atoms with Gasteiger partial charge in [0.1, 0.15) is 0 Å². The van der Waals surface area contributed by atoms with Gasteiger partial charge in [-0.15, -0.1) is 0 Å². The summed E-state index contributed by atoms with van der Waals surface area (Å²) in [6, 6.07) is 18.6. The van der Waals surface area contributed by atoms with Crippen LogP contribution in [-0.4, -0.2) is 7.38 Å². The summed E-state index contributed by atoms with van der Waals surface area (Å²) in [7, 11) is -2.03. The minimum atomic E-state index is -2.03. The van der Waals surface area contributed by atoms with Crippen LogP contribution in [0.3, 0.4) is 0 Å². The lowest BCUT2D eigenvalue weighted by Gasteiger charge is -2.20. The molecular weight excluding hydrogens is 300 g/mol. The predicted molar refractivity (Wildman–Crippen MR) is 77.3 cm³/mol. The molecule has 0 aliphatic carbocycles. The van der Waals surface area contributed by atoms with E-state index in [1.165, 1.54) is 10.4 Å². The Morgan fingerprint density at radius 3 is 1.94 bits per heavy atom. The van der Waals surface area contributed by atoms with E-state index in [1.807, 2.05) is 30.3 Å². The highest BCUT2D eigenvalue weighted by Crippen LogP contribution is 2.13. The van der Waals surface area contributed by atoms with Crippen molar-refractivity contribution in [1.29, 1.82) is 0 Å². The van der Waals surface area contributed by atoms with Crippen LogP contribution in [0.4, 0.5) is 0 Å². The Labute approximate surface area is 110 Å². The van der Waals surface area contributed by atoms with Crippen molar-refractivity contribution in [3.05, 3.63) is 59.1 Å². The van der Waals surface area contributed by atoms with Crippen molar-refractivity contribution in [2.75, 3.05) is 0 Å². The van der Waals surface area contributed by atoms with Crippen LogP contribution in [0.15, 0.2) is 59.1 Å². The fourth-order valence-electron chi connectivity index (χ4n) is 1.68. The van der Waals surface area contributed by atoms with E-state index >= 15 is 0 Å². The molecule has 0 saturated heterocycles. The Kier molecular flexibility index (Phi) is 3.52. The lowest BCUT2D eigenvalue weighted by atomic mass is 10.4. The van der Waals surface area contributed by atoms with Gasteiger partial charge in [-0.3, -0.25) is 0 Å². The van der Waals surface area contributed by atoms with Crippen molar-refractivity contribution in [2.24, 2.45) is 0 Å². The van der Waals surface area contributed by atoms with Gasteiger partial charge >= 0.3 is 0 Å². The van der Waals surface area contributed by atoms with Gasteiger partial charge in [0, 0.05) is 4.47 Å². The van der Waals surface area contributed by atoms with Gasteiger partial charge in [-0.05, 0) is 29.1 Å². The molecule has 82 valence electrons. The molecule has 3 heteroatoms. The fourth-order valence-corrected chi connectivity index (χ4v) is 4.65. The predicted octanol–water partition coefficient (Wildman–Crippen LogP) is 3.38. The van der Waals surface area contributed by atoms with E-state index in [4.69, 9.17) is 11.1 Å². The average molecular weight is 312 g/mol. The van der Waals surface area contributed by atoms with Crippen LogP contribution in [0.5, 0.6) is 0 Å². The smallest absolute Gasteiger partial charge is 0.155 e. The second-order valence-corrected chi connectivity index (χ2v) is 10.2. The van der Waals surface area contributed by atoms with Crippen LogP contribution < -0.4 is 10.4 Å². The molecule has 2 rings (SSSR count). The van der Waals surface area contributed by atoms with Crippen molar-refractivity contribution < 1.29 is 0 Å². The molecule has 0 radical (unpaired) electrons. The Bertz CT molecular complexity index is 465. The summed E-state index contributed by atoms with van der Waals surface area (Å²) in [5, 5.41) is 2.49. The molecule has 0 nitrogen and oxygen atoms in total. The highest BCUT2D eigenvalue weighted by Gasteiger charge is 2.29. The number of hydrogen-bond acceptors (Lipinski definition) is 0. The van der Waals surface area contributed by atoms with Crippen LogP contribution in [-0.2, 0) is 0 Å². The molecule has 1 unspecified atom stereocenters. The van der Waals surface area contributed by atoms with E-state index in [-0.39, 0.29) is 0 Å². The zero-order valence-electron chi connectivity index (χ0n) is 8.95. The van der Waals surface area contributed by atoms with Crippen molar-refractivity contribution >= 4 is 44.8 Å². The zero-order valence-corrected chi connectivity index (χ0v) is 12.3. The third-order valence-corrected chi connectivity index (χ3v) is 7.38. The quantitative estimate of drug-likeness (QED) is 0.589. The van der Waals surface area contributed by atoms with E-state index in [0.29, 0.717) is 0 Å². The summed E-state index contributed by atoms with van der Waals surface area (Å²) >= 11 is 10.2. The van der Waals surface area contributed by atoms with E-state index in [0.717, 1.165) is 4.47 Å². The zero-order chi connectivity index (χ0) is 11.6. The Morgan fingerprint density at radius 1 is 0.875 bits per heavy atom. The molecule has 0 fully saturated rings. The maximum absolute atomic E-state index is 6.76. The van der Waals surface area contributed by atoms with E-state index in [1.54, 1.807) is 0 Å². The fraction of sp³-hybridized carbons (Fsp3) is 0.0769. The van der Waals surface area contributed by atoms with Crippen LogP contribution in [0.1, 0.15) is 0 Å². The highest BCUT2D eigenvalue weighted by atomic mass is 79.9. The third-order valence-electron chi connectivity index (χ3n) is 2.70. The first-order valence-electron chi connectivity index (χ1n) is 5.11. The Balaban J connectivity index is 2.43. The molecule has 0 aliphatic heterocycles. The normalized spacial score (nSPS) is 14.4. The van der Waals surface area contributed by atoms with Gasteiger partial charge in [-0.25, -0.2) is 0 Å². The molecule has 2 aromatic rings. The standard InChI is InChI=1S/C13H12BrClSi/c1-16(15,12-5-3-2-4-6-12)13-9-7-11(14)8-10-13/h2-10H,1H3. The molecule has 0 saturated carbocycles. The topological polar surface area (TPSA) is 0 Å². The molecule has 16 heavy (non-hydrogen) atoms. The van der Waals surface area contributed by atoms with Crippen LogP contribution in [0.2, 0.25) is 6.55 Å². The monoisotopic (exact) mass is 310 g/mol. The second-order valence-electron chi connectivity index (χ2n) is 3.88. The summed E-state index contributed by atoms with van der Waals surface area (Å²) in [4.78, 5) is 0. The Morgan fingerprint density at radius 2 is 1.38 bits per heavy atom. The third kappa shape index (κ3) is 2.39. The highest BCUT2D eigenvalue weighted by molar-refractivity contribution is 9.10. The SMILES string of the molecule is C[Si](Cl)(c1ccccc1)c1ccc(Br)cc1. The summed E-state index contributed by atoms with van der Waals surface area (Å²) in [6.07, 6.45) is 0. The van der Waals surface area contributed by atoms with Gasteiger partial charge in [-0.1, -0.05) is 58.4 Å². The summed E-state index contributed by atoms with van der Waals surface area (Å²) in [5.41, 5.74) is 0. The maximum Gasteiger partial charge on any atom is 0.214 e. The van der Waals surface area contributed by atoms with Gasteiger partial charge in [-0.2, -0.15) is 11.1 Å². The molecule has 0 N–H and O–H groups in total. The number of hydrogen-bond donors (Lipinski definition) is 0. The molecule has 1 atom stereocenters. The van der Waals surface area contributed by atoms with Gasteiger partial charge in [0.15, 0.2) is 0 Å². The number of halogens is 2. The van der Waals surface area contributed by atoms with Gasteiger partial charge < -0.3 is 0 Å². The van der Waals surface area contributed by atoms with Gasteiger partial charge in [0.05, 0.1) is 0 Å². The number of benzene rings is 2. The summed E-state index contributed by atoms with van der Waals surface area (Å²) in [6.45, 7) is 2.16. The van der Waals surface area contributed by atoms with Crippen molar-refractivity contribution in [3.8, 4) is 0 Å². The average Bonchev–Trinajstić information content (AvgIpc) is 2.31. The lowest BCUT2D eigenvalue weighted by Crippen LogP contribution is -2.50. The first-order chi connectivity index (χ1) is 7.60. The molecular formula is C13H12BrClSi. The first-order valence-corrected chi connectivity index (χ1v) is 9.41. The minimum absolute atomic E-state index is 1.09. The van der Waals surface area contributed by atoms with E-state index < -0.39 is 7.38 Å². The molecule has 0 heterocycles. The van der Waals surface area contributed by atoms with Crippen LogP contribution >= 0.6 is 27.0 Å². The van der Waals surface area contributed by atoms with Crippen molar-refractivity contribution in [2.45, 2.75) is 6.55 Å². The molecule has 0 aliphatic rings. The lowest BCUT2D eigenvalue weighted by molar-refractivity contribution is 1.67. The van der Waals surface area contributed by atoms with Crippen molar-refractivity contribution in [3.63, 3.8) is 0 Å². The number of rotatable bonds is 2. The molecule has 0 amide bonds. The molecule has 0 aromatic heterocycles. The van der Waals surface area contributed by atoms with Crippen LogP contribution in [0.25, 0.3) is 0 Å². The largest absolute Gasteiger partial charge is 0.214 e. The van der Waals surface area contributed by atoms with E-state index in [2.05, 4.69) is 46.7 Å². The van der Waals surface area contributed by atoms with Crippen molar-refractivity contribution in [1.82, 2.24) is 0 Å². The maximum atomic E-state index is 6.76. The summed E-state index contributed by atoms with van der Waals surface area (Å²) < 4.78 is 1.09. The van der Waals surface area contributed by atoms with E-state index in [9.17, 15) is 0 Å². The first kappa shape index (κ1) is 11.9. The minimum Gasteiger partial charge on any atom is -0.155 e. The van der Waals surface area contributed by atoms with Gasteiger partial charge in [0.25, 0.3) is 0 Å². The van der Waals surface area contributed by atoms with Gasteiger partial charge in [0.2, 0.25) is 7.38 Å². The summed E-state index contributed by atoms with van der Waals surface area (Å²) in [5.74, 6) is 0. The second kappa shape index (κ2) is 4.74. The molecule has 0 bridgehead atoms. The molecule has 0 spiro atoms. The molecule has 2 aromatic carbocycles. The Hall–Kier alpha value is -0.573.